The molecule has 6 nitrogen and oxygen atoms in total. The molecule has 0 bridgehead atoms. The van der Waals surface area contributed by atoms with Gasteiger partial charge in [0.05, 0.1) is 11.5 Å². The maximum atomic E-state index is 13.0. The molecule has 132 valence electrons. The third-order valence-corrected chi connectivity index (χ3v) is 3.14. The normalized spacial score (nSPS) is 12.4. The van der Waals surface area contributed by atoms with Crippen LogP contribution in [0.3, 0.4) is 0 Å². The van der Waals surface area contributed by atoms with Crippen molar-refractivity contribution in [3.8, 4) is 0 Å². The van der Waals surface area contributed by atoms with E-state index in [1.165, 1.54) is 14.0 Å². The van der Waals surface area contributed by atoms with Crippen LogP contribution in [0.15, 0.2) is 18.2 Å². The summed E-state index contributed by atoms with van der Waals surface area (Å²) in [5, 5.41) is 11.0. The number of carbonyl (C=O) groups is 3. The molecule has 1 rings (SSSR count). The molecule has 1 aromatic carbocycles. The number of nitrogens with one attached hydrogen (secondary N) is 1. The Morgan fingerprint density at radius 3 is 2.29 bits per heavy atom. The van der Waals surface area contributed by atoms with Gasteiger partial charge >= 0.3 is 12.1 Å². The zero-order chi connectivity index (χ0) is 18.7. The zero-order valence-corrected chi connectivity index (χ0v) is 13.3. The molecular weight excluding hydrogens is 329 g/mol. The van der Waals surface area contributed by atoms with Gasteiger partial charge in [0.1, 0.15) is 0 Å². The fourth-order valence-electron chi connectivity index (χ4n) is 1.98. The zero-order valence-electron chi connectivity index (χ0n) is 13.3. The summed E-state index contributed by atoms with van der Waals surface area (Å²) in [7, 11) is 1.29. The third kappa shape index (κ3) is 5.25. The smallest absolute Gasteiger partial charge is 0.416 e. The molecule has 1 atom stereocenters. The third-order valence-electron chi connectivity index (χ3n) is 3.14. The van der Waals surface area contributed by atoms with Gasteiger partial charge in [-0.2, -0.15) is 13.2 Å². The van der Waals surface area contributed by atoms with Crippen LogP contribution in [0.1, 0.15) is 29.8 Å². The number of benzene rings is 1. The lowest BCUT2D eigenvalue weighted by molar-refractivity contribution is -0.141. The summed E-state index contributed by atoms with van der Waals surface area (Å²) in [6.07, 6.45) is -4.70. The van der Waals surface area contributed by atoms with Gasteiger partial charge in [-0.25, -0.2) is 0 Å². The van der Waals surface area contributed by atoms with Crippen molar-refractivity contribution in [3.05, 3.63) is 29.3 Å². The van der Waals surface area contributed by atoms with Crippen LogP contribution >= 0.6 is 0 Å². The van der Waals surface area contributed by atoms with Crippen LogP contribution in [0, 0.1) is 5.92 Å². The first-order valence-electron chi connectivity index (χ1n) is 6.90. The van der Waals surface area contributed by atoms with Gasteiger partial charge in [-0.15, -0.1) is 0 Å². The average molecular weight is 346 g/mol. The van der Waals surface area contributed by atoms with E-state index in [9.17, 15) is 27.6 Å². The number of halogens is 3. The van der Waals surface area contributed by atoms with Crippen LogP contribution < -0.4 is 5.32 Å². The Balaban J connectivity index is 3.18. The SMILES string of the molecule is CC(=O)Nc1cc(C(=O)N(C)CC(C)C(=O)O)cc(C(F)(F)F)c1. The van der Waals surface area contributed by atoms with E-state index in [1.807, 2.05) is 0 Å². The van der Waals surface area contributed by atoms with Gasteiger partial charge in [-0.1, -0.05) is 6.92 Å². The van der Waals surface area contributed by atoms with Gasteiger partial charge in [-0.3, -0.25) is 14.4 Å². The maximum Gasteiger partial charge on any atom is 0.416 e. The van der Waals surface area contributed by atoms with Gasteiger partial charge in [0, 0.05) is 31.8 Å². The summed E-state index contributed by atoms with van der Waals surface area (Å²) in [6.45, 7) is 2.34. The van der Waals surface area contributed by atoms with E-state index < -0.39 is 35.4 Å². The molecule has 1 aromatic rings. The number of hydrogen-bond donors (Lipinski definition) is 2. The quantitative estimate of drug-likeness (QED) is 0.857. The largest absolute Gasteiger partial charge is 0.481 e. The number of anilines is 1. The number of hydrogen-bond acceptors (Lipinski definition) is 3. The molecule has 0 fully saturated rings. The van der Waals surface area contributed by atoms with Crippen molar-refractivity contribution in [2.45, 2.75) is 20.0 Å². The van der Waals surface area contributed by atoms with Gasteiger partial charge in [0.2, 0.25) is 5.91 Å². The molecule has 0 spiro atoms. The summed E-state index contributed by atoms with van der Waals surface area (Å²) >= 11 is 0. The topological polar surface area (TPSA) is 86.7 Å². The number of aliphatic carboxylic acids is 1. The number of carboxylic acid groups (broad SMARTS) is 1. The molecule has 0 saturated carbocycles. The fraction of sp³-hybridized carbons (Fsp3) is 0.400. The van der Waals surface area contributed by atoms with E-state index in [-0.39, 0.29) is 17.8 Å². The number of alkyl halides is 3. The Labute approximate surface area is 136 Å². The second-order valence-corrected chi connectivity index (χ2v) is 5.40. The number of carboxylic acids is 1. The molecule has 9 heteroatoms. The summed E-state index contributed by atoms with van der Waals surface area (Å²) in [5.41, 5.74) is -1.55. The number of amides is 2. The van der Waals surface area contributed by atoms with E-state index in [1.54, 1.807) is 0 Å². The molecule has 2 N–H and O–H groups in total. The van der Waals surface area contributed by atoms with E-state index in [0.29, 0.717) is 6.07 Å². The molecule has 2 amide bonds. The predicted octanol–water partition coefficient (Wildman–Crippen LogP) is 2.46. The lowest BCUT2D eigenvalue weighted by Gasteiger charge is -2.20. The first kappa shape index (κ1) is 19.5. The highest BCUT2D eigenvalue weighted by Gasteiger charge is 2.32. The molecule has 24 heavy (non-hydrogen) atoms. The lowest BCUT2D eigenvalue weighted by atomic mass is 10.1. The van der Waals surface area contributed by atoms with Crippen molar-refractivity contribution in [1.29, 1.82) is 0 Å². The molecule has 1 unspecified atom stereocenters. The van der Waals surface area contributed by atoms with E-state index in [0.717, 1.165) is 24.0 Å². The van der Waals surface area contributed by atoms with Crippen LogP contribution in [-0.4, -0.2) is 41.4 Å². The minimum absolute atomic E-state index is 0.166. The van der Waals surface area contributed by atoms with Crippen molar-refractivity contribution >= 4 is 23.5 Å². The minimum Gasteiger partial charge on any atom is -0.481 e. The molecule has 0 saturated heterocycles. The Bertz CT molecular complexity index is 659. The van der Waals surface area contributed by atoms with Crippen molar-refractivity contribution in [2.75, 3.05) is 18.9 Å². The monoisotopic (exact) mass is 346 g/mol. The minimum atomic E-state index is -4.70. The van der Waals surface area contributed by atoms with Crippen LogP contribution in [0.2, 0.25) is 0 Å². The summed E-state index contributed by atoms with van der Waals surface area (Å²) in [6, 6.07) is 2.49. The van der Waals surface area contributed by atoms with Crippen LogP contribution in [-0.2, 0) is 15.8 Å². The van der Waals surface area contributed by atoms with Crippen molar-refractivity contribution in [3.63, 3.8) is 0 Å². The van der Waals surface area contributed by atoms with E-state index in [2.05, 4.69) is 5.32 Å². The molecule has 0 radical (unpaired) electrons. The summed E-state index contributed by atoms with van der Waals surface area (Å²) in [4.78, 5) is 35.2. The molecule has 0 aliphatic heterocycles. The van der Waals surface area contributed by atoms with Gasteiger partial charge in [-0.05, 0) is 18.2 Å². The Hall–Kier alpha value is -2.58. The van der Waals surface area contributed by atoms with Gasteiger partial charge in [0.25, 0.3) is 5.91 Å². The average Bonchev–Trinajstić information content (AvgIpc) is 2.44. The van der Waals surface area contributed by atoms with Crippen molar-refractivity contribution in [2.24, 2.45) is 5.92 Å². The van der Waals surface area contributed by atoms with Crippen molar-refractivity contribution in [1.82, 2.24) is 4.90 Å². The lowest BCUT2D eigenvalue weighted by Crippen LogP contribution is -2.33. The molecule has 0 aliphatic rings. The van der Waals surface area contributed by atoms with Crippen LogP contribution in [0.25, 0.3) is 0 Å². The van der Waals surface area contributed by atoms with Crippen LogP contribution in [0.4, 0.5) is 18.9 Å². The first-order valence-corrected chi connectivity index (χ1v) is 6.90. The highest BCUT2D eigenvalue weighted by Crippen LogP contribution is 2.32. The fourth-order valence-corrected chi connectivity index (χ4v) is 1.98. The number of rotatable bonds is 5. The molecular formula is C15H17F3N2O4. The Morgan fingerprint density at radius 2 is 1.83 bits per heavy atom. The standard InChI is InChI=1S/C15H17F3N2O4/c1-8(14(23)24)7-20(3)13(22)10-4-11(15(16,17)18)6-12(5-10)19-9(2)21/h4-6,8H,7H2,1-3H3,(H,19,21)(H,23,24). The molecule has 0 heterocycles. The summed E-state index contributed by atoms with van der Waals surface area (Å²) < 4.78 is 38.9. The first-order chi connectivity index (χ1) is 10.9. The van der Waals surface area contributed by atoms with Gasteiger partial charge in [0.15, 0.2) is 0 Å². The maximum absolute atomic E-state index is 13.0. The van der Waals surface area contributed by atoms with Gasteiger partial charge < -0.3 is 15.3 Å². The Morgan fingerprint density at radius 1 is 1.25 bits per heavy atom. The number of carbonyl (C=O) groups excluding carboxylic acids is 2. The highest BCUT2D eigenvalue weighted by atomic mass is 19.4. The predicted molar refractivity (Wildman–Crippen MR) is 79.5 cm³/mol. The van der Waals surface area contributed by atoms with E-state index in [4.69, 9.17) is 5.11 Å². The van der Waals surface area contributed by atoms with E-state index >= 15 is 0 Å². The number of nitrogens with zero attached hydrogens (tertiary/aromatic N) is 1. The second-order valence-electron chi connectivity index (χ2n) is 5.40. The molecule has 0 aliphatic carbocycles. The molecule has 0 aromatic heterocycles. The van der Waals surface area contributed by atoms with Crippen LogP contribution in [0.5, 0.6) is 0 Å². The second kappa shape index (κ2) is 7.33. The highest BCUT2D eigenvalue weighted by molar-refractivity contribution is 5.97. The Kier molecular flexibility index (Phi) is 5.94. The summed E-state index contributed by atoms with van der Waals surface area (Å²) in [5.74, 6) is -3.36. The van der Waals surface area contributed by atoms with Crippen molar-refractivity contribution < 1.29 is 32.7 Å².